The molecule has 1 aromatic rings. The van der Waals surface area contributed by atoms with Crippen LogP contribution in [0.5, 0.6) is 11.5 Å². The van der Waals surface area contributed by atoms with Gasteiger partial charge in [-0.1, -0.05) is 11.6 Å². The fourth-order valence-corrected chi connectivity index (χ4v) is 2.28. The van der Waals surface area contributed by atoms with Crippen LogP contribution in [0.2, 0.25) is 5.02 Å². The van der Waals surface area contributed by atoms with Crippen LogP contribution in [0.15, 0.2) is 12.1 Å². The first-order valence-corrected chi connectivity index (χ1v) is 6.49. The molecule has 110 valence electrons. The molecule has 1 aliphatic rings. The SMILES string of the molecule is COCCN(CC(=O)O)Cc1cc(Cl)c2c(c1)OCO2. The van der Waals surface area contributed by atoms with Crippen molar-refractivity contribution in [2.45, 2.75) is 6.54 Å². The Kier molecular flexibility index (Phi) is 5.05. The summed E-state index contributed by atoms with van der Waals surface area (Å²) in [5.41, 5.74) is 0.872. The van der Waals surface area contributed by atoms with E-state index in [2.05, 4.69) is 0 Å². The lowest BCUT2D eigenvalue weighted by atomic mass is 10.2. The standard InChI is InChI=1S/C13H16ClNO5/c1-18-3-2-15(7-12(16)17)6-9-4-10(14)13-11(5-9)19-8-20-13/h4-5H,2-3,6-8H2,1H3,(H,16,17). The van der Waals surface area contributed by atoms with Gasteiger partial charge in [0.15, 0.2) is 11.5 Å². The molecule has 0 fully saturated rings. The number of rotatable bonds is 7. The van der Waals surface area contributed by atoms with Gasteiger partial charge in [-0.25, -0.2) is 0 Å². The van der Waals surface area contributed by atoms with E-state index >= 15 is 0 Å². The third kappa shape index (κ3) is 3.75. The normalized spacial score (nSPS) is 12.9. The van der Waals surface area contributed by atoms with Gasteiger partial charge in [0.05, 0.1) is 18.2 Å². The van der Waals surface area contributed by atoms with Gasteiger partial charge in [-0.2, -0.15) is 0 Å². The Morgan fingerprint density at radius 3 is 3.00 bits per heavy atom. The van der Waals surface area contributed by atoms with Crippen LogP contribution < -0.4 is 9.47 Å². The average molecular weight is 302 g/mol. The first-order valence-electron chi connectivity index (χ1n) is 6.11. The van der Waals surface area contributed by atoms with Crippen LogP contribution in [0.3, 0.4) is 0 Å². The topological polar surface area (TPSA) is 68.2 Å². The van der Waals surface area contributed by atoms with E-state index in [0.717, 1.165) is 5.56 Å². The molecule has 6 nitrogen and oxygen atoms in total. The van der Waals surface area contributed by atoms with Crippen LogP contribution in [-0.4, -0.2) is 49.6 Å². The second-order valence-corrected chi connectivity index (χ2v) is 4.82. The van der Waals surface area contributed by atoms with Crippen LogP contribution in [0.1, 0.15) is 5.56 Å². The molecule has 0 saturated carbocycles. The lowest BCUT2D eigenvalue weighted by Crippen LogP contribution is -2.32. The summed E-state index contributed by atoms with van der Waals surface area (Å²) in [4.78, 5) is 12.6. The molecule has 1 N–H and O–H groups in total. The Morgan fingerprint density at radius 1 is 1.50 bits per heavy atom. The van der Waals surface area contributed by atoms with Crippen LogP contribution >= 0.6 is 11.6 Å². The minimum atomic E-state index is -0.882. The highest BCUT2D eigenvalue weighted by atomic mass is 35.5. The summed E-state index contributed by atoms with van der Waals surface area (Å²) in [6.45, 7) is 1.53. The summed E-state index contributed by atoms with van der Waals surface area (Å²) in [7, 11) is 1.58. The molecule has 0 atom stereocenters. The second kappa shape index (κ2) is 6.78. The number of carboxylic acids is 1. The minimum Gasteiger partial charge on any atom is -0.480 e. The zero-order valence-corrected chi connectivity index (χ0v) is 11.9. The zero-order valence-electron chi connectivity index (χ0n) is 11.1. The molecule has 1 heterocycles. The van der Waals surface area contributed by atoms with Gasteiger partial charge >= 0.3 is 5.97 Å². The van der Waals surface area contributed by atoms with Gasteiger partial charge < -0.3 is 19.3 Å². The molecular weight excluding hydrogens is 286 g/mol. The van der Waals surface area contributed by atoms with Crippen molar-refractivity contribution in [3.8, 4) is 11.5 Å². The summed E-state index contributed by atoms with van der Waals surface area (Å²) in [5, 5.41) is 9.39. The Balaban J connectivity index is 2.09. The van der Waals surface area contributed by atoms with Gasteiger partial charge in [-0.3, -0.25) is 9.69 Å². The van der Waals surface area contributed by atoms with Crippen molar-refractivity contribution in [3.05, 3.63) is 22.7 Å². The van der Waals surface area contributed by atoms with E-state index in [1.165, 1.54) is 0 Å². The Hall–Kier alpha value is -1.50. The van der Waals surface area contributed by atoms with Gasteiger partial charge in [0.1, 0.15) is 0 Å². The van der Waals surface area contributed by atoms with E-state index in [-0.39, 0.29) is 13.3 Å². The Bertz CT molecular complexity index is 494. The van der Waals surface area contributed by atoms with Gasteiger partial charge in [0, 0.05) is 20.2 Å². The van der Waals surface area contributed by atoms with Gasteiger partial charge in [0.25, 0.3) is 0 Å². The molecule has 0 saturated heterocycles. The van der Waals surface area contributed by atoms with Crippen molar-refractivity contribution in [1.82, 2.24) is 4.90 Å². The number of halogens is 1. The number of nitrogens with zero attached hydrogens (tertiary/aromatic N) is 1. The largest absolute Gasteiger partial charge is 0.480 e. The number of hydrogen-bond acceptors (Lipinski definition) is 5. The molecular formula is C13H16ClNO5. The first kappa shape index (κ1) is 14.9. The Morgan fingerprint density at radius 2 is 2.30 bits per heavy atom. The molecule has 0 bridgehead atoms. The number of carboxylic acid groups (broad SMARTS) is 1. The number of benzene rings is 1. The highest BCUT2D eigenvalue weighted by molar-refractivity contribution is 6.32. The maximum absolute atomic E-state index is 10.9. The summed E-state index contributed by atoms with van der Waals surface area (Å²) >= 11 is 6.10. The van der Waals surface area contributed by atoms with E-state index in [4.69, 9.17) is 30.9 Å². The maximum atomic E-state index is 10.9. The summed E-state index contributed by atoms with van der Waals surface area (Å²) in [5.74, 6) is 0.250. The van der Waals surface area contributed by atoms with Crippen LogP contribution in [0, 0.1) is 0 Å². The van der Waals surface area contributed by atoms with Crippen molar-refractivity contribution >= 4 is 17.6 Å². The van der Waals surface area contributed by atoms with Crippen molar-refractivity contribution in [2.75, 3.05) is 33.6 Å². The zero-order chi connectivity index (χ0) is 14.5. The third-order valence-electron chi connectivity index (χ3n) is 2.86. The molecule has 0 unspecified atom stereocenters. The van der Waals surface area contributed by atoms with Gasteiger partial charge in [0.2, 0.25) is 6.79 Å². The smallest absolute Gasteiger partial charge is 0.317 e. The number of hydrogen-bond donors (Lipinski definition) is 1. The van der Waals surface area contributed by atoms with E-state index in [1.807, 2.05) is 6.07 Å². The molecule has 1 aliphatic heterocycles. The van der Waals surface area contributed by atoms with Crippen molar-refractivity contribution < 1.29 is 24.1 Å². The quantitative estimate of drug-likeness (QED) is 0.825. The summed E-state index contributed by atoms with van der Waals surface area (Å²) in [6, 6.07) is 3.58. The van der Waals surface area contributed by atoms with Crippen molar-refractivity contribution in [2.24, 2.45) is 0 Å². The molecule has 0 aliphatic carbocycles. The van der Waals surface area contributed by atoms with E-state index < -0.39 is 5.97 Å². The number of carbonyl (C=O) groups is 1. The molecule has 2 rings (SSSR count). The molecule has 20 heavy (non-hydrogen) atoms. The number of methoxy groups -OCH3 is 1. The average Bonchev–Trinajstić information content (AvgIpc) is 2.84. The minimum absolute atomic E-state index is 0.0601. The Labute approximate surface area is 121 Å². The van der Waals surface area contributed by atoms with E-state index in [0.29, 0.717) is 36.2 Å². The van der Waals surface area contributed by atoms with E-state index in [1.54, 1.807) is 18.1 Å². The highest BCUT2D eigenvalue weighted by Gasteiger charge is 2.19. The first-order chi connectivity index (χ1) is 9.60. The van der Waals surface area contributed by atoms with Crippen LogP contribution in [0.25, 0.3) is 0 Å². The fourth-order valence-electron chi connectivity index (χ4n) is 2.00. The highest BCUT2D eigenvalue weighted by Crippen LogP contribution is 2.39. The van der Waals surface area contributed by atoms with Gasteiger partial charge in [-0.15, -0.1) is 0 Å². The fraction of sp³-hybridized carbons (Fsp3) is 0.462. The van der Waals surface area contributed by atoms with Crippen molar-refractivity contribution in [1.29, 1.82) is 0 Å². The number of fused-ring (bicyclic) bond motifs is 1. The second-order valence-electron chi connectivity index (χ2n) is 4.41. The predicted molar refractivity (Wildman–Crippen MR) is 72.4 cm³/mol. The lowest BCUT2D eigenvalue weighted by Gasteiger charge is -2.20. The van der Waals surface area contributed by atoms with Crippen molar-refractivity contribution in [3.63, 3.8) is 0 Å². The molecule has 7 heteroatoms. The van der Waals surface area contributed by atoms with Crippen LogP contribution in [0.4, 0.5) is 0 Å². The van der Waals surface area contributed by atoms with Crippen LogP contribution in [-0.2, 0) is 16.1 Å². The molecule has 0 amide bonds. The van der Waals surface area contributed by atoms with E-state index in [9.17, 15) is 4.79 Å². The third-order valence-corrected chi connectivity index (χ3v) is 3.14. The lowest BCUT2D eigenvalue weighted by molar-refractivity contribution is -0.138. The monoisotopic (exact) mass is 301 g/mol. The number of ether oxygens (including phenoxy) is 3. The molecule has 0 radical (unpaired) electrons. The number of aliphatic carboxylic acids is 1. The summed E-state index contributed by atoms with van der Waals surface area (Å²) < 4.78 is 15.5. The predicted octanol–water partition coefficient (Wildman–Crippen LogP) is 1.60. The maximum Gasteiger partial charge on any atom is 0.317 e. The molecule has 0 spiro atoms. The molecule has 1 aromatic carbocycles. The summed E-state index contributed by atoms with van der Waals surface area (Å²) in [6.07, 6.45) is 0. The molecule has 0 aromatic heterocycles. The van der Waals surface area contributed by atoms with Gasteiger partial charge in [-0.05, 0) is 17.7 Å².